The molecule has 1 aliphatic heterocycles. The molecule has 1 atom stereocenters. The number of carbonyl (C=O) groups excluding carboxylic acids is 1. The van der Waals surface area contributed by atoms with E-state index in [4.69, 9.17) is 11.6 Å². The van der Waals surface area contributed by atoms with Gasteiger partial charge in [0.1, 0.15) is 0 Å². The van der Waals surface area contributed by atoms with Crippen LogP contribution in [-0.4, -0.2) is 5.91 Å². The molecule has 0 unspecified atom stereocenters. The fourth-order valence-electron chi connectivity index (χ4n) is 3.24. The Morgan fingerprint density at radius 2 is 1.70 bits per heavy atom. The van der Waals surface area contributed by atoms with Crippen LogP contribution in [0.4, 0.5) is 18.9 Å². The maximum Gasteiger partial charge on any atom is 0.416 e. The van der Waals surface area contributed by atoms with Crippen LogP contribution in [0.3, 0.4) is 0 Å². The van der Waals surface area contributed by atoms with E-state index in [9.17, 15) is 18.0 Å². The molecule has 2 heterocycles. The van der Waals surface area contributed by atoms with E-state index in [1.54, 1.807) is 12.1 Å². The number of carbonyl (C=O) groups is 1. The third kappa shape index (κ3) is 3.47. The Morgan fingerprint density at radius 1 is 1.04 bits per heavy atom. The van der Waals surface area contributed by atoms with Crippen molar-refractivity contribution < 1.29 is 18.0 Å². The number of alkyl halides is 3. The molecule has 2 nitrogen and oxygen atoms in total. The van der Waals surface area contributed by atoms with Crippen molar-refractivity contribution in [2.45, 2.75) is 18.5 Å². The molecule has 27 heavy (non-hydrogen) atoms. The van der Waals surface area contributed by atoms with Crippen LogP contribution >= 0.6 is 22.9 Å². The first-order chi connectivity index (χ1) is 12.8. The second kappa shape index (κ2) is 6.69. The van der Waals surface area contributed by atoms with Gasteiger partial charge in [-0.05, 0) is 35.4 Å². The van der Waals surface area contributed by atoms with Crippen molar-refractivity contribution in [1.82, 2.24) is 0 Å². The summed E-state index contributed by atoms with van der Waals surface area (Å²) in [5, 5.41) is 5.49. The second-order valence-electron chi connectivity index (χ2n) is 6.32. The van der Waals surface area contributed by atoms with Crippen LogP contribution in [0.2, 0.25) is 5.02 Å². The smallest absolute Gasteiger partial charge is 0.325 e. The van der Waals surface area contributed by atoms with Crippen molar-refractivity contribution in [3.8, 4) is 11.1 Å². The minimum absolute atomic E-state index is 0.152. The Balaban J connectivity index is 1.74. The average Bonchev–Trinajstić information content (AvgIpc) is 3.05. The average molecular weight is 408 g/mol. The fourth-order valence-corrected chi connectivity index (χ4v) is 4.53. The first kappa shape index (κ1) is 18.1. The van der Waals surface area contributed by atoms with Gasteiger partial charge in [0.2, 0.25) is 5.91 Å². The second-order valence-corrected chi connectivity index (χ2v) is 7.67. The molecule has 1 amide bonds. The van der Waals surface area contributed by atoms with E-state index in [2.05, 4.69) is 5.32 Å². The highest BCUT2D eigenvalue weighted by molar-refractivity contribution is 7.11. The Hall–Kier alpha value is -2.31. The van der Waals surface area contributed by atoms with E-state index < -0.39 is 11.7 Å². The molecule has 0 saturated carbocycles. The van der Waals surface area contributed by atoms with Crippen molar-refractivity contribution in [2.75, 3.05) is 5.32 Å². The molecule has 4 rings (SSSR count). The molecule has 0 saturated heterocycles. The molecule has 138 valence electrons. The largest absolute Gasteiger partial charge is 0.416 e. The molecule has 7 heteroatoms. The predicted molar refractivity (Wildman–Crippen MR) is 101 cm³/mol. The van der Waals surface area contributed by atoms with Gasteiger partial charge in [0.15, 0.2) is 0 Å². The van der Waals surface area contributed by atoms with Crippen molar-refractivity contribution in [3.63, 3.8) is 0 Å². The van der Waals surface area contributed by atoms with Crippen molar-refractivity contribution >= 4 is 34.5 Å². The number of rotatable bonds is 2. The van der Waals surface area contributed by atoms with Gasteiger partial charge in [-0.2, -0.15) is 13.2 Å². The van der Waals surface area contributed by atoms with Crippen LogP contribution in [-0.2, 0) is 11.0 Å². The lowest BCUT2D eigenvalue weighted by atomic mass is 9.88. The number of benzene rings is 2. The summed E-state index contributed by atoms with van der Waals surface area (Å²) in [5.74, 6) is -0.414. The zero-order valence-electron chi connectivity index (χ0n) is 13.8. The Bertz CT molecular complexity index is 994. The summed E-state index contributed by atoms with van der Waals surface area (Å²) in [7, 11) is 0. The molecule has 2 aromatic carbocycles. The third-order valence-electron chi connectivity index (χ3n) is 4.59. The molecule has 0 aliphatic carbocycles. The highest BCUT2D eigenvalue weighted by Crippen LogP contribution is 2.46. The first-order valence-electron chi connectivity index (χ1n) is 8.17. The summed E-state index contributed by atoms with van der Waals surface area (Å²) in [6.45, 7) is 0. The maximum absolute atomic E-state index is 12.8. The normalized spacial score (nSPS) is 16.7. The highest BCUT2D eigenvalue weighted by Gasteiger charge is 2.33. The number of hydrogen-bond donors (Lipinski definition) is 1. The van der Waals surface area contributed by atoms with E-state index in [1.807, 2.05) is 17.5 Å². The lowest BCUT2D eigenvalue weighted by Gasteiger charge is -2.24. The summed E-state index contributed by atoms with van der Waals surface area (Å²) >= 11 is 7.44. The lowest BCUT2D eigenvalue weighted by molar-refractivity contribution is -0.137. The summed E-state index contributed by atoms with van der Waals surface area (Å²) in [4.78, 5) is 13.2. The molecule has 0 radical (unpaired) electrons. The lowest BCUT2D eigenvalue weighted by Crippen LogP contribution is -2.22. The van der Waals surface area contributed by atoms with Gasteiger partial charge >= 0.3 is 6.18 Å². The van der Waals surface area contributed by atoms with Crippen LogP contribution in [0, 0.1) is 0 Å². The minimum atomic E-state index is -4.38. The van der Waals surface area contributed by atoms with E-state index in [0.717, 1.165) is 33.8 Å². The molecule has 0 fully saturated rings. The molecule has 1 aromatic heterocycles. The van der Waals surface area contributed by atoms with Gasteiger partial charge in [0, 0.05) is 33.2 Å². The van der Waals surface area contributed by atoms with Gasteiger partial charge in [-0.25, -0.2) is 0 Å². The van der Waals surface area contributed by atoms with Crippen LogP contribution in [0.15, 0.2) is 53.9 Å². The third-order valence-corrected chi connectivity index (χ3v) is 5.93. The van der Waals surface area contributed by atoms with Gasteiger partial charge in [0.25, 0.3) is 0 Å². The van der Waals surface area contributed by atoms with Crippen LogP contribution in [0.25, 0.3) is 11.1 Å². The quantitative estimate of drug-likeness (QED) is 0.512. The van der Waals surface area contributed by atoms with Crippen molar-refractivity contribution in [2.24, 2.45) is 0 Å². The van der Waals surface area contributed by atoms with Crippen molar-refractivity contribution in [1.29, 1.82) is 0 Å². The maximum atomic E-state index is 12.8. The van der Waals surface area contributed by atoms with E-state index in [-0.39, 0.29) is 18.2 Å². The Kier molecular flexibility index (Phi) is 4.48. The van der Waals surface area contributed by atoms with Gasteiger partial charge in [0.05, 0.1) is 11.3 Å². The number of amides is 1. The number of nitrogens with one attached hydrogen (secondary N) is 1. The highest BCUT2D eigenvalue weighted by atomic mass is 35.5. The number of fused-ring (bicyclic) bond motifs is 1. The van der Waals surface area contributed by atoms with Gasteiger partial charge in [-0.3, -0.25) is 4.79 Å². The molecular weight excluding hydrogens is 395 g/mol. The topological polar surface area (TPSA) is 29.1 Å². The zero-order valence-corrected chi connectivity index (χ0v) is 15.4. The minimum Gasteiger partial charge on any atom is -0.325 e. The predicted octanol–water partition coefficient (Wildman–Crippen LogP) is 6.56. The summed E-state index contributed by atoms with van der Waals surface area (Å²) in [6.07, 6.45) is -4.17. The van der Waals surface area contributed by atoms with E-state index in [0.29, 0.717) is 10.6 Å². The van der Waals surface area contributed by atoms with Gasteiger partial charge in [-0.15, -0.1) is 11.3 Å². The van der Waals surface area contributed by atoms with Gasteiger partial charge < -0.3 is 5.32 Å². The standard InChI is InChI=1S/C20H13ClF3NOS/c21-14-7-3-12(4-8-14)16-10-27-19-15(9-17(26)25-18(16)19)11-1-5-13(6-2-11)20(22,23)24/h1-8,10,15H,9H2,(H,25,26)/t15-/m0/s1. The SMILES string of the molecule is O=C1C[C@@H](c2ccc(C(F)(F)F)cc2)c2scc(-c3ccc(Cl)cc3)c2N1. The number of halogens is 4. The monoisotopic (exact) mass is 407 g/mol. The van der Waals surface area contributed by atoms with E-state index >= 15 is 0 Å². The summed E-state index contributed by atoms with van der Waals surface area (Å²) in [6, 6.07) is 12.3. The summed E-state index contributed by atoms with van der Waals surface area (Å²) < 4.78 is 38.4. The molecule has 0 spiro atoms. The Labute approximate surface area is 162 Å². The molecular formula is C20H13ClF3NOS. The molecule has 3 aromatic rings. The first-order valence-corrected chi connectivity index (χ1v) is 9.43. The van der Waals surface area contributed by atoms with Crippen molar-refractivity contribution in [3.05, 3.63) is 74.9 Å². The summed E-state index contributed by atoms with van der Waals surface area (Å²) in [5.41, 5.74) is 2.54. The van der Waals surface area contributed by atoms with Gasteiger partial charge in [-0.1, -0.05) is 35.9 Å². The molecule has 1 aliphatic rings. The molecule has 1 N–H and O–H groups in total. The zero-order chi connectivity index (χ0) is 19.2. The van der Waals surface area contributed by atoms with Crippen LogP contribution < -0.4 is 5.32 Å². The molecule has 0 bridgehead atoms. The van der Waals surface area contributed by atoms with Crippen LogP contribution in [0.5, 0.6) is 0 Å². The number of anilines is 1. The Morgan fingerprint density at radius 3 is 2.33 bits per heavy atom. The number of thiophene rings is 1. The van der Waals surface area contributed by atoms with Crippen LogP contribution in [0.1, 0.15) is 28.3 Å². The fraction of sp³-hybridized carbons (Fsp3) is 0.150. The van der Waals surface area contributed by atoms with E-state index in [1.165, 1.54) is 23.5 Å². The number of hydrogen-bond acceptors (Lipinski definition) is 2.